The average Bonchev–Trinajstić information content (AvgIpc) is 1.83. The van der Waals surface area contributed by atoms with Gasteiger partial charge >= 0.3 is 0 Å². The highest BCUT2D eigenvalue weighted by atomic mass is 16.6. The van der Waals surface area contributed by atoms with E-state index in [0.717, 1.165) is 0 Å². The smallest absolute Gasteiger partial charge is 0.269 e. The third kappa shape index (κ3) is 1.66. The first-order valence-electron chi connectivity index (χ1n) is 3.23. The van der Waals surface area contributed by atoms with Crippen LogP contribution in [0.2, 0.25) is 0 Å². The summed E-state index contributed by atoms with van der Waals surface area (Å²) < 4.78 is 0. The van der Waals surface area contributed by atoms with Crippen molar-refractivity contribution in [2.75, 3.05) is 6.61 Å². The zero-order valence-electron chi connectivity index (χ0n) is 6.87. The third-order valence-corrected chi connectivity index (χ3v) is 2.03. The molecule has 5 nitrogen and oxygen atoms in total. The Morgan fingerprint density at radius 3 is 1.82 bits per heavy atom. The molecule has 5 heteroatoms. The van der Waals surface area contributed by atoms with Gasteiger partial charge in [-0.3, -0.25) is 10.1 Å². The van der Waals surface area contributed by atoms with E-state index in [1.807, 2.05) is 0 Å². The van der Waals surface area contributed by atoms with Crippen LogP contribution in [0, 0.1) is 10.1 Å². The molecule has 1 atom stereocenters. The van der Waals surface area contributed by atoms with E-state index in [2.05, 4.69) is 0 Å². The summed E-state index contributed by atoms with van der Waals surface area (Å²) in [6.45, 7) is 3.12. The van der Waals surface area contributed by atoms with Gasteiger partial charge in [0.2, 0.25) is 0 Å². The normalized spacial score (nSPS) is 17.5. The molecule has 0 spiro atoms. The van der Waals surface area contributed by atoms with Crippen LogP contribution in [0.1, 0.15) is 20.8 Å². The van der Waals surface area contributed by atoms with Gasteiger partial charge in [0.1, 0.15) is 12.2 Å². The van der Waals surface area contributed by atoms with E-state index in [0.29, 0.717) is 0 Å². The van der Waals surface area contributed by atoms with Crippen molar-refractivity contribution in [3.8, 4) is 0 Å². The van der Waals surface area contributed by atoms with Crippen LogP contribution in [-0.2, 0) is 0 Å². The van der Waals surface area contributed by atoms with Gasteiger partial charge in [0.05, 0.1) is 0 Å². The van der Waals surface area contributed by atoms with Crippen LogP contribution in [0.3, 0.4) is 0 Å². The first-order valence-corrected chi connectivity index (χ1v) is 3.23. The Labute approximate surface area is 64.8 Å². The van der Waals surface area contributed by atoms with Crippen molar-refractivity contribution in [2.24, 2.45) is 0 Å². The first-order chi connectivity index (χ1) is 4.75. The largest absolute Gasteiger partial charge is 0.389 e. The number of nitro groups is 1. The first kappa shape index (κ1) is 10.3. The molecule has 0 aromatic carbocycles. The lowest BCUT2D eigenvalue weighted by atomic mass is 9.85. The molecule has 0 saturated heterocycles. The Balaban J connectivity index is 4.75. The number of aliphatic hydroxyl groups is 2. The van der Waals surface area contributed by atoms with Crippen LogP contribution in [0.25, 0.3) is 0 Å². The molecule has 0 amide bonds. The Morgan fingerprint density at radius 1 is 1.45 bits per heavy atom. The maximum absolute atomic E-state index is 10.4. The minimum atomic E-state index is -1.69. The van der Waals surface area contributed by atoms with E-state index >= 15 is 0 Å². The number of aliphatic hydroxyl groups excluding tert-OH is 1. The number of nitrogens with zero attached hydrogens (tertiary/aromatic N) is 1. The highest BCUT2D eigenvalue weighted by Crippen LogP contribution is 2.23. The van der Waals surface area contributed by atoms with Crippen molar-refractivity contribution >= 4 is 0 Å². The van der Waals surface area contributed by atoms with Crippen molar-refractivity contribution in [1.82, 2.24) is 0 Å². The molecule has 11 heavy (non-hydrogen) atoms. The molecule has 0 aromatic rings. The quantitative estimate of drug-likeness (QED) is 0.445. The van der Waals surface area contributed by atoms with E-state index < -0.39 is 22.7 Å². The van der Waals surface area contributed by atoms with E-state index in [1.54, 1.807) is 0 Å². The summed E-state index contributed by atoms with van der Waals surface area (Å²) in [6.07, 6.45) is 0. The van der Waals surface area contributed by atoms with Gasteiger partial charge in [0.25, 0.3) is 5.54 Å². The predicted octanol–water partition coefficient (Wildman–Crippen LogP) is -0.215. The van der Waals surface area contributed by atoms with Crippen molar-refractivity contribution in [2.45, 2.75) is 31.9 Å². The van der Waals surface area contributed by atoms with Crippen LogP contribution in [0.5, 0.6) is 0 Å². The fourth-order valence-electron chi connectivity index (χ4n) is 0.475. The van der Waals surface area contributed by atoms with E-state index in [9.17, 15) is 15.2 Å². The number of rotatable bonds is 3. The minimum Gasteiger partial charge on any atom is -0.389 e. The fraction of sp³-hybridized carbons (Fsp3) is 1.00. The maximum atomic E-state index is 10.4. The summed E-state index contributed by atoms with van der Waals surface area (Å²) in [4.78, 5) is 9.71. The molecule has 1 unspecified atom stereocenters. The van der Waals surface area contributed by atoms with Crippen molar-refractivity contribution < 1.29 is 15.1 Å². The van der Waals surface area contributed by atoms with Crippen molar-refractivity contribution in [3.63, 3.8) is 0 Å². The summed E-state index contributed by atoms with van der Waals surface area (Å²) >= 11 is 0. The summed E-state index contributed by atoms with van der Waals surface area (Å²) in [5.74, 6) is 0. The molecule has 0 aliphatic rings. The van der Waals surface area contributed by atoms with Gasteiger partial charge in [-0.2, -0.15) is 0 Å². The van der Waals surface area contributed by atoms with Gasteiger partial charge < -0.3 is 10.2 Å². The highest BCUT2D eigenvalue weighted by molar-refractivity contribution is 4.89. The summed E-state index contributed by atoms with van der Waals surface area (Å²) in [6, 6.07) is 0. The molecule has 66 valence electrons. The monoisotopic (exact) mass is 163 g/mol. The maximum Gasteiger partial charge on any atom is 0.269 e. The van der Waals surface area contributed by atoms with Gasteiger partial charge in [0, 0.05) is 11.8 Å². The molecular formula is C6H13NO4. The Kier molecular flexibility index (Phi) is 2.58. The number of hydrogen-bond acceptors (Lipinski definition) is 4. The van der Waals surface area contributed by atoms with Crippen molar-refractivity contribution in [3.05, 3.63) is 10.1 Å². The van der Waals surface area contributed by atoms with Gasteiger partial charge in [-0.1, -0.05) is 0 Å². The molecule has 0 heterocycles. The lowest BCUT2D eigenvalue weighted by Crippen LogP contribution is -2.56. The molecule has 0 bridgehead atoms. The lowest BCUT2D eigenvalue weighted by molar-refractivity contribution is -0.591. The number of hydrogen-bond donors (Lipinski definition) is 2. The van der Waals surface area contributed by atoms with Crippen LogP contribution >= 0.6 is 0 Å². The SMILES string of the molecule is CC(C)(O)C(C)(CO)[N+](=O)[O-]. The van der Waals surface area contributed by atoms with Crippen LogP contribution in [0.4, 0.5) is 0 Å². The molecule has 0 fully saturated rings. The Bertz CT molecular complexity index is 162. The molecule has 0 radical (unpaired) electrons. The van der Waals surface area contributed by atoms with E-state index in [-0.39, 0.29) is 0 Å². The minimum absolute atomic E-state index is 0.674. The molecular weight excluding hydrogens is 150 g/mol. The third-order valence-electron chi connectivity index (χ3n) is 2.03. The molecule has 0 aromatic heterocycles. The van der Waals surface area contributed by atoms with Gasteiger partial charge in [-0.05, 0) is 13.8 Å². The zero-order chi connectivity index (χ0) is 9.28. The van der Waals surface area contributed by atoms with E-state index in [4.69, 9.17) is 5.11 Å². The lowest BCUT2D eigenvalue weighted by Gasteiger charge is -2.30. The van der Waals surface area contributed by atoms with E-state index in [1.165, 1.54) is 20.8 Å². The predicted molar refractivity (Wildman–Crippen MR) is 38.8 cm³/mol. The molecule has 0 rings (SSSR count). The van der Waals surface area contributed by atoms with Crippen LogP contribution in [-0.4, -0.2) is 32.9 Å². The second-order valence-electron chi connectivity index (χ2n) is 3.25. The second-order valence-corrected chi connectivity index (χ2v) is 3.25. The van der Waals surface area contributed by atoms with Gasteiger partial charge in [-0.15, -0.1) is 0 Å². The van der Waals surface area contributed by atoms with Crippen molar-refractivity contribution in [1.29, 1.82) is 0 Å². The highest BCUT2D eigenvalue weighted by Gasteiger charge is 2.50. The Hall–Kier alpha value is -0.680. The summed E-state index contributed by atoms with van der Waals surface area (Å²) in [5, 5.41) is 28.4. The van der Waals surface area contributed by atoms with Crippen LogP contribution < -0.4 is 0 Å². The van der Waals surface area contributed by atoms with Crippen LogP contribution in [0.15, 0.2) is 0 Å². The summed E-state index contributed by atoms with van der Waals surface area (Å²) in [5.41, 5.74) is -3.21. The van der Waals surface area contributed by atoms with Gasteiger partial charge in [0.15, 0.2) is 0 Å². The summed E-state index contributed by atoms with van der Waals surface area (Å²) in [7, 11) is 0. The Morgan fingerprint density at radius 2 is 1.82 bits per heavy atom. The molecule has 2 N–H and O–H groups in total. The topological polar surface area (TPSA) is 83.6 Å². The second kappa shape index (κ2) is 2.75. The fourth-order valence-corrected chi connectivity index (χ4v) is 0.475. The van der Waals surface area contributed by atoms with Gasteiger partial charge in [-0.25, -0.2) is 0 Å². The molecule has 0 saturated carbocycles. The average molecular weight is 163 g/mol. The molecule has 0 aliphatic heterocycles. The zero-order valence-corrected chi connectivity index (χ0v) is 6.87. The molecule has 0 aliphatic carbocycles. The standard InChI is InChI=1S/C6H13NO4/c1-5(2,9)6(3,4-8)7(10)11/h8-9H,4H2,1-3H3.